The molecule has 1 aliphatic heterocycles. The predicted octanol–water partition coefficient (Wildman–Crippen LogP) is -1.68. The van der Waals surface area contributed by atoms with Crippen molar-refractivity contribution in [3.8, 4) is 0 Å². The van der Waals surface area contributed by atoms with E-state index in [9.17, 15) is 0 Å². The molecule has 106 valence electrons. The van der Waals surface area contributed by atoms with Gasteiger partial charge in [-0.15, -0.1) is 0 Å². The van der Waals surface area contributed by atoms with E-state index in [1.165, 1.54) is 37.4 Å². The van der Waals surface area contributed by atoms with Crippen LogP contribution in [0.15, 0.2) is 42.9 Å². The molecule has 0 amide bonds. The minimum absolute atomic E-state index is 1.16. The highest BCUT2D eigenvalue weighted by Crippen LogP contribution is 1.96. The first-order valence-electron chi connectivity index (χ1n) is 7.53. The van der Waals surface area contributed by atoms with Gasteiger partial charge < -0.3 is 14.4 Å². The molecule has 0 aliphatic carbocycles. The Kier molecular flexibility index (Phi) is 4.14. The molecule has 1 saturated heterocycles. The first-order valence-corrected chi connectivity index (χ1v) is 7.53. The fraction of sp³-hybridized carbons (Fsp3) is 0.438. The van der Waals surface area contributed by atoms with Gasteiger partial charge in [-0.1, -0.05) is 0 Å². The number of piperazine rings is 1. The Morgan fingerprint density at radius 3 is 2.25 bits per heavy atom. The average molecular weight is 273 g/mol. The maximum atomic E-state index is 3.09. The van der Waals surface area contributed by atoms with Crippen molar-refractivity contribution in [1.82, 2.24) is 4.57 Å². The van der Waals surface area contributed by atoms with Gasteiger partial charge in [-0.2, -0.15) is 0 Å². The third-order valence-electron chi connectivity index (χ3n) is 4.39. The molecule has 3 heterocycles. The second-order valence-corrected chi connectivity index (χ2v) is 5.87. The van der Waals surface area contributed by atoms with E-state index in [2.05, 4.69) is 47.1 Å². The number of hydrogen-bond donors (Lipinski definition) is 2. The molecule has 2 aromatic heterocycles. The van der Waals surface area contributed by atoms with Crippen LogP contribution in [0.3, 0.4) is 0 Å². The zero-order chi connectivity index (χ0) is 13.8. The third-order valence-corrected chi connectivity index (χ3v) is 4.39. The highest BCUT2D eigenvalue weighted by molar-refractivity contribution is 5.05. The summed E-state index contributed by atoms with van der Waals surface area (Å²) in [5, 5.41) is 0. The van der Waals surface area contributed by atoms with Crippen LogP contribution in [0, 0.1) is 0 Å². The summed E-state index contributed by atoms with van der Waals surface area (Å²) in [7, 11) is 2.14. The van der Waals surface area contributed by atoms with Crippen LogP contribution in [0.1, 0.15) is 11.3 Å². The monoisotopic (exact) mass is 273 g/mol. The highest BCUT2D eigenvalue weighted by atomic mass is 15.3. The first-order chi connectivity index (χ1) is 9.81. The van der Waals surface area contributed by atoms with Gasteiger partial charge in [0.25, 0.3) is 0 Å². The quantitative estimate of drug-likeness (QED) is 0.666. The van der Waals surface area contributed by atoms with E-state index in [-0.39, 0.29) is 0 Å². The predicted molar refractivity (Wildman–Crippen MR) is 77.2 cm³/mol. The number of aromatic amines is 1. The Bertz CT molecular complexity index is 526. The van der Waals surface area contributed by atoms with Crippen LogP contribution in [0.25, 0.3) is 0 Å². The Labute approximate surface area is 120 Å². The number of nitrogens with zero attached hydrogens (tertiary/aromatic N) is 1. The minimum Gasteiger partial charge on any atom is -0.350 e. The fourth-order valence-electron chi connectivity index (χ4n) is 3.07. The molecule has 0 radical (unpaired) electrons. The summed E-state index contributed by atoms with van der Waals surface area (Å²) in [6, 6.07) is 8.77. The molecule has 4 heteroatoms. The smallest absolute Gasteiger partial charge is 0.167 e. The van der Waals surface area contributed by atoms with Gasteiger partial charge in [-0.25, -0.2) is 4.98 Å². The molecule has 20 heavy (non-hydrogen) atoms. The van der Waals surface area contributed by atoms with E-state index in [0.29, 0.717) is 0 Å². The second-order valence-electron chi connectivity index (χ2n) is 5.87. The van der Waals surface area contributed by atoms with E-state index >= 15 is 0 Å². The molecule has 1 fully saturated rings. The first kappa shape index (κ1) is 13.3. The number of H-pyrrole nitrogens is 1. The SMILES string of the molecule is Cn1cccc1C[NH+]1CC[NH+](Cc2cc[nH+]cc2)CC1. The highest BCUT2D eigenvalue weighted by Gasteiger charge is 2.23. The third kappa shape index (κ3) is 3.26. The number of nitrogens with one attached hydrogen (secondary N) is 3. The van der Waals surface area contributed by atoms with E-state index in [1.807, 2.05) is 12.4 Å². The van der Waals surface area contributed by atoms with Crippen LogP contribution in [0.5, 0.6) is 0 Å². The number of rotatable bonds is 4. The zero-order valence-corrected chi connectivity index (χ0v) is 12.2. The van der Waals surface area contributed by atoms with E-state index in [1.54, 1.807) is 9.80 Å². The second kappa shape index (κ2) is 6.20. The van der Waals surface area contributed by atoms with Gasteiger partial charge in [-0.3, -0.25) is 0 Å². The van der Waals surface area contributed by atoms with Gasteiger partial charge in [0.2, 0.25) is 0 Å². The van der Waals surface area contributed by atoms with Crippen molar-refractivity contribution in [3.63, 3.8) is 0 Å². The molecule has 1 aliphatic rings. The average Bonchev–Trinajstić information content (AvgIpc) is 2.88. The van der Waals surface area contributed by atoms with Crippen molar-refractivity contribution in [2.75, 3.05) is 26.2 Å². The number of hydrogen-bond acceptors (Lipinski definition) is 0. The van der Waals surface area contributed by atoms with Gasteiger partial charge >= 0.3 is 0 Å². The Morgan fingerprint density at radius 2 is 1.65 bits per heavy atom. The van der Waals surface area contributed by atoms with Crippen LogP contribution < -0.4 is 14.8 Å². The van der Waals surface area contributed by atoms with E-state index < -0.39 is 0 Å². The number of aromatic nitrogens is 2. The molecular weight excluding hydrogens is 248 g/mol. The largest absolute Gasteiger partial charge is 0.350 e. The lowest BCUT2D eigenvalue weighted by Crippen LogP contribution is -3.27. The molecule has 0 bridgehead atoms. The van der Waals surface area contributed by atoms with Gasteiger partial charge in [0.15, 0.2) is 12.4 Å². The summed E-state index contributed by atoms with van der Waals surface area (Å²) in [6.07, 6.45) is 6.18. The van der Waals surface area contributed by atoms with Crippen molar-refractivity contribution in [2.24, 2.45) is 7.05 Å². The van der Waals surface area contributed by atoms with Crippen molar-refractivity contribution in [3.05, 3.63) is 54.1 Å². The Hall–Kier alpha value is -1.65. The lowest BCUT2D eigenvalue weighted by Gasteiger charge is -2.29. The maximum Gasteiger partial charge on any atom is 0.167 e. The van der Waals surface area contributed by atoms with Crippen molar-refractivity contribution in [1.29, 1.82) is 0 Å². The molecule has 0 atom stereocenters. The van der Waals surface area contributed by atoms with Gasteiger partial charge in [0.1, 0.15) is 39.3 Å². The van der Waals surface area contributed by atoms with Gasteiger partial charge in [0, 0.05) is 30.9 Å². The Balaban J connectivity index is 1.49. The molecule has 4 nitrogen and oxygen atoms in total. The maximum absolute atomic E-state index is 3.09. The summed E-state index contributed by atoms with van der Waals surface area (Å²) in [6.45, 7) is 7.43. The Morgan fingerprint density at radius 1 is 1.00 bits per heavy atom. The van der Waals surface area contributed by atoms with Crippen molar-refractivity contribution >= 4 is 0 Å². The summed E-state index contributed by atoms with van der Waals surface area (Å²) >= 11 is 0. The molecule has 0 saturated carbocycles. The molecule has 0 aromatic carbocycles. The molecule has 0 spiro atoms. The summed E-state index contributed by atoms with van der Waals surface area (Å²) in [4.78, 5) is 6.53. The van der Waals surface area contributed by atoms with Crippen molar-refractivity contribution < 1.29 is 14.8 Å². The van der Waals surface area contributed by atoms with Crippen molar-refractivity contribution in [2.45, 2.75) is 13.1 Å². The standard InChI is InChI=1S/C16H22N4/c1-18-8-2-3-16(18)14-20-11-9-19(10-12-20)13-15-4-6-17-7-5-15/h2-8H,9-14H2,1H3/p+3. The van der Waals surface area contributed by atoms with Crippen LogP contribution in [0.2, 0.25) is 0 Å². The van der Waals surface area contributed by atoms with E-state index in [4.69, 9.17) is 0 Å². The summed E-state index contributed by atoms with van der Waals surface area (Å²) < 4.78 is 2.24. The number of pyridine rings is 1. The summed E-state index contributed by atoms with van der Waals surface area (Å²) in [5.74, 6) is 0. The fourth-order valence-corrected chi connectivity index (χ4v) is 3.07. The number of quaternary nitrogens is 2. The topological polar surface area (TPSA) is 28.0 Å². The van der Waals surface area contributed by atoms with Crippen LogP contribution in [-0.4, -0.2) is 30.7 Å². The number of aryl methyl sites for hydroxylation is 1. The zero-order valence-electron chi connectivity index (χ0n) is 12.2. The lowest BCUT2D eigenvalue weighted by atomic mass is 10.2. The van der Waals surface area contributed by atoms with Gasteiger partial charge in [-0.05, 0) is 12.1 Å². The lowest BCUT2D eigenvalue weighted by molar-refractivity contribution is -1.02. The van der Waals surface area contributed by atoms with Crippen LogP contribution >= 0.6 is 0 Å². The van der Waals surface area contributed by atoms with Crippen LogP contribution in [0.4, 0.5) is 0 Å². The molecule has 3 N–H and O–H groups in total. The summed E-state index contributed by atoms with van der Waals surface area (Å²) in [5.41, 5.74) is 2.88. The molecule has 3 rings (SSSR count). The normalized spacial score (nSPS) is 22.9. The minimum atomic E-state index is 1.16. The molecule has 0 unspecified atom stereocenters. The molecule has 2 aromatic rings. The van der Waals surface area contributed by atoms with Gasteiger partial charge in [0.05, 0.1) is 5.69 Å². The van der Waals surface area contributed by atoms with Crippen LogP contribution in [-0.2, 0) is 20.1 Å². The van der Waals surface area contributed by atoms with E-state index in [0.717, 1.165) is 13.1 Å². The molecular formula is C16H25N4+3.